The smallest absolute Gasteiger partial charge is 0.322 e. The average molecular weight is 356 g/mol. The number of halogens is 1. The van der Waals surface area contributed by atoms with Gasteiger partial charge in [0.2, 0.25) is 5.91 Å². The van der Waals surface area contributed by atoms with Gasteiger partial charge in [-0.3, -0.25) is 9.78 Å². The minimum Gasteiger partial charge on any atom is -0.346 e. The van der Waals surface area contributed by atoms with Gasteiger partial charge in [0, 0.05) is 12.2 Å². The Labute approximate surface area is 151 Å². The van der Waals surface area contributed by atoms with Crippen molar-refractivity contribution in [3.63, 3.8) is 0 Å². The monoisotopic (exact) mass is 356 g/mol. The van der Waals surface area contributed by atoms with Gasteiger partial charge in [0.15, 0.2) is 0 Å². The molecule has 1 aliphatic rings. The number of pyridine rings is 1. The largest absolute Gasteiger partial charge is 0.346 e. The summed E-state index contributed by atoms with van der Waals surface area (Å²) >= 11 is 0. The van der Waals surface area contributed by atoms with E-state index in [1.165, 1.54) is 12.1 Å². The van der Waals surface area contributed by atoms with Gasteiger partial charge in [-0.1, -0.05) is 18.2 Å². The first-order valence-corrected chi connectivity index (χ1v) is 8.59. The minimum absolute atomic E-state index is 0.232. The number of hydrogen-bond donors (Lipinski definition) is 2. The Balaban J connectivity index is 1.62. The molecule has 136 valence electrons. The SMILES string of the molecule is C[C@@H](NC(=O)[C@@H]1CCCN1C(=O)Nc1ccccc1)c1ccc(F)cn1. The Bertz CT molecular complexity index is 767. The first-order chi connectivity index (χ1) is 12.5. The highest BCUT2D eigenvalue weighted by atomic mass is 19.1. The van der Waals surface area contributed by atoms with Gasteiger partial charge in [-0.15, -0.1) is 0 Å². The maximum absolute atomic E-state index is 13.0. The molecule has 1 aromatic carbocycles. The molecule has 0 radical (unpaired) electrons. The van der Waals surface area contributed by atoms with Crippen LogP contribution in [0.5, 0.6) is 0 Å². The molecule has 0 bridgehead atoms. The van der Waals surface area contributed by atoms with Gasteiger partial charge in [-0.05, 0) is 44.0 Å². The van der Waals surface area contributed by atoms with Gasteiger partial charge < -0.3 is 15.5 Å². The van der Waals surface area contributed by atoms with Crippen LogP contribution in [0, 0.1) is 5.82 Å². The molecule has 3 rings (SSSR count). The average Bonchev–Trinajstić information content (AvgIpc) is 3.13. The molecule has 1 aromatic heterocycles. The number of para-hydroxylation sites is 1. The molecule has 3 amide bonds. The van der Waals surface area contributed by atoms with Crippen molar-refractivity contribution in [2.45, 2.75) is 31.8 Å². The van der Waals surface area contributed by atoms with E-state index in [0.717, 1.165) is 12.6 Å². The predicted molar refractivity (Wildman–Crippen MR) is 95.9 cm³/mol. The summed E-state index contributed by atoms with van der Waals surface area (Å²) in [5, 5.41) is 5.67. The van der Waals surface area contributed by atoms with Crippen LogP contribution in [-0.2, 0) is 4.79 Å². The summed E-state index contributed by atoms with van der Waals surface area (Å²) in [4.78, 5) is 30.7. The predicted octanol–water partition coefficient (Wildman–Crippen LogP) is 3.09. The van der Waals surface area contributed by atoms with E-state index >= 15 is 0 Å². The van der Waals surface area contributed by atoms with Crippen LogP contribution in [0.2, 0.25) is 0 Å². The van der Waals surface area contributed by atoms with Crippen molar-refractivity contribution in [2.75, 3.05) is 11.9 Å². The second kappa shape index (κ2) is 7.95. The summed E-state index contributed by atoms with van der Waals surface area (Å²) in [7, 11) is 0. The fourth-order valence-corrected chi connectivity index (χ4v) is 3.03. The molecular formula is C19H21FN4O2. The Hall–Kier alpha value is -2.96. The first-order valence-electron chi connectivity index (χ1n) is 8.59. The number of nitrogens with one attached hydrogen (secondary N) is 2. The minimum atomic E-state index is -0.526. The van der Waals surface area contributed by atoms with Crippen molar-refractivity contribution in [1.29, 1.82) is 0 Å². The number of hydrogen-bond acceptors (Lipinski definition) is 3. The lowest BCUT2D eigenvalue weighted by molar-refractivity contribution is -0.125. The van der Waals surface area contributed by atoms with Crippen LogP contribution < -0.4 is 10.6 Å². The highest BCUT2D eigenvalue weighted by Gasteiger charge is 2.34. The fraction of sp³-hybridized carbons (Fsp3) is 0.316. The second-order valence-electron chi connectivity index (χ2n) is 6.28. The lowest BCUT2D eigenvalue weighted by atomic mass is 10.1. The Kier molecular flexibility index (Phi) is 5.46. The summed E-state index contributed by atoms with van der Waals surface area (Å²) < 4.78 is 13.0. The molecule has 26 heavy (non-hydrogen) atoms. The number of carbonyl (C=O) groups is 2. The van der Waals surface area contributed by atoms with Crippen LogP contribution in [0.3, 0.4) is 0 Å². The molecule has 1 aliphatic heterocycles. The van der Waals surface area contributed by atoms with Gasteiger partial charge in [0.25, 0.3) is 0 Å². The molecule has 6 nitrogen and oxygen atoms in total. The molecule has 1 saturated heterocycles. The van der Waals surface area contributed by atoms with Crippen molar-refractivity contribution in [1.82, 2.24) is 15.2 Å². The molecule has 0 spiro atoms. The van der Waals surface area contributed by atoms with Crippen molar-refractivity contribution in [3.8, 4) is 0 Å². The molecule has 2 N–H and O–H groups in total. The summed E-state index contributed by atoms with van der Waals surface area (Å²) in [5.41, 5.74) is 1.26. The standard InChI is InChI=1S/C19H21FN4O2/c1-13(16-10-9-14(20)12-21-16)22-18(25)17-8-5-11-24(17)19(26)23-15-6-3-2-4-7-15/h2-4,6-7,9-10,12-13,17H,5,8,11H2,1H3,(H,22,25)(H,23,26)/t13-,17+/m1/s1. The molecule has 0 unspecified atom stereocenters. The normalized spacial score (nSPS) is 17.6. The Morgan fingerprint density at radius 2 is 2.00 bits per heavy atom. The zero-order valence-corrected chi connectivity index (χ0v) is 14.5. The number of rotatable bonds is 4. The zero-order valence-electron chi connectivity index (χ0n) is 14.5. The number of anilines is 1. The maximum atomic E-state index is 13.0. The maximum Gasteiger partial charge on any atom is 0.322 e. The van der Waals surface area contributed by atoms with Crippen LogP contribution in [-0.4, -0.2) is 34.4 Å². The molecular weight excluding hydrogens is 335 g/mol. The van der Waals surface area contributed by atoms with E-state index < -0.39 is 11.9 Å². The van der Waals surface area contributed by atoms with Gasteiger partial charge in [-0.25, -0.2) is 9.18 Å². The number of likely N-dealkylation sites (tertiary alicyclic amines) is 1. The molecule has 0 saturated carbocycles. The number of nitrogens with zero attached hydrogens (tertiary/aromatic N) is 2. The van der Waals surface area contributed by atoms with E-state index in [1.54, 1.807) is 24.0 Å². The van der Waals surface area contributed by atoms with Crippen LogP contribution in [0.4, 0.5) is 14.9 Å². The lowest BCUT2D eigenvalue weighted by Crippen LogP contribution is -2.48. The van der Waals surface area contributed by atoms with Crippen molar-refractivity contribution >= 4 is 17.6 Å². The fourth-order valence-electron chi connectivity index (χ4n) is 3.03. The lowest BCUT2D eigenvalue weighted by Gasteiger charge is -2.25. The Morgan fingerprint density at radius 1 is 1.23 bits per heavy atom. The first kappa shape index (κ1) is 17.8. The van der Waals surface area contributed by atoms with Crippen LogP contribution in [0.1, 0.15) is 31.5 Å². The number of benzene rings is 1. The number of carbonyl (C=O) groups excluding carboxylic acids is 2. The van der Waals surface area contributed by atoms with Crippen LogP contribution in [0.15, 0.2) is 48.7 Å². The number of amides is 3. The van der Waals surface area contributed by atoms with Crippen molar-refractivity contribution in [2.24, 2.45) is 0 Å². The molecule has 2 atom stereocenters. The van der Waals surface area contributed by atoms with E-state index in [4.69, 9.17) is 0 Å². The summed E-state index contributed by atoms with van der Waals surface area (Å²) in [6.45, 7) is 2.31. The van der Waals surface area contributed by atoms with E-state index in [9.17, 15) is 14.0 Å². The highest BCUT2D eigenvalue weighted by molar-refractivity contribution is 5.94. The summed E-state index contributed by atoms with van der Waals surface area (Å²) in [6.07, 6.45) is 2.49. The molecule has 2 aromatic rings. The summed E-state index contributed by atoms with van der Waals surface area (Å²) in [6, 6.07) is 10.8. The molecule has 1 fully saturated rings. The Morgan fingerprint density at radius 3 is 2.69 bits per heavy atom. The summed E-state index contributed by atoms with van der Waals surface area (Å²) in [5.74, 6) is -0.656. The van der Waals surface area contributed by atoms with Gasteiger partial charge in [0.05, 0.1) is 17.9 Å². The van der Waals surface area contributed by atoms with Gasteiger partial charge in [-0.2, -0.15) is 0 Å². The number of aromatic nitrogens is 1. The van der Waals surface area contributed by atoms with E-state index in [-0.39, 0.29) is 18.0 Å². The number of urea groups is 1. The van der Waals surface area contributed by atoms with Crippen molar-refractivity contribution < 1.29 is 14.0 Å². The topological polar surface area (TPSA) is 74.3 Å². The quantitative estimate of drug-likeness (QED) is 0.884. The van der Waals surface area contributed by atoms with Gasteiger partial charge in [0.1, 0.15) is 11.9 Å². The van der Waals surface area contributed by atoms with E-state index in [0.29, 0.717) is 24.3 Å². The highest BCUT2D eigenvalue weighted by Crippen LogP contribution is 2.20. The van der Waals surface area contributed by atoms with Crippen molar-refractivity contribution in [3.05, 3.63) is 60.2 Å². The van der Waals surface area contributed by atoms with Crippen LogP contribution >= 0.6 is 0 Å². The third kappa shape index (κ3) is 4.17. The zero-order chi connectivity index (χ0) is 18.5. The van der Waals surface area contributed by atoms with Gasteiger partial charge >= 0.3 is 6.03 Å². The van der Waals surface area contributed by atoms with E-state index in [2.05, 4.69) is 15.6 Å². The van der Waals surface area contributed by atoms with E-state index in [1.807, 2.05) is 18.2 Å². The molecule has 0 aliphatic carbocycles. The third-order valence-electron chi connectivity index (χ3n) is 4.39. The second-order valence-corrected chi connectivity index (χ2v) is 6.28. The molecule has 2 heterocycles. The van der Waals surface area contributed by atoms with Crippen LogP contribution in [0.25, 0.3) is 0 Å². The molecule has 7 heteroatoms. The third-order valence-corrected chi connectivity index (χ3v) is 4.39.